The maximum atomic E-state index is 14.7. The molecule has 1 saturated heterocycles. The van der Waals surface area contributed by atoms with E-state index in [-0.39, 0.29) is 41.0 Å². The van der Waals surface area contributed by atoms with Crippen LogP contribution in [-0.2, 0) is 11.3 Å². The molecule has 34 heavy (non-hydrogen) atoms. The topological polar surface area (TPSA) is 76.8 Å². The number of methoxy groups -OCH3 is 1. The van der Waals surface area contributed by atoms with Crippen molar-refractivity contribution in [2.75, 3.05) is 30.4 Å². The number of carbonyl (C=O) groups is 1. The van der Waals surface area contributed by atoms with E-state index < -0.39 is 17.5 Å². The van der Waals surface area contributed by atoms with E-state index in [4.69, 9.17) is 13.9 Å². The Labute approximate surface area is 197 Å². The predicted molar refractivity (Wildman–Crippen MR) is 122 cm³/mol. The quantitative estimate of drug-likeness (QED) is 0.540. The van der Waals surface area contributed by atoms with Crippen LogP contribution in [-0.4, -0.2) is 37.2 Å². The smallest absolute Gasteiger partial charge is 0.298 e. The first kappa shape index (κ1) is 23.1. The van der Waals surface area contributed by atoms with E-state index in [1.54, 1.807) is 0 Å². The average Bonchev–Trinajstić information content (AvgIpc) is 3.18. The monoisotopic (exact) mass is 475 g/mol. The summed E-state index contributed by atoms with van der Waals surface area (Å²) < 4.78 is 45.9. The van der Waals surface area contributed by atoms with Gasteiger partial charge in [-0.3, -0.25) is 4.79 Å². The molecule has 1 N–H and O–H groups in total. The van der Waals surface area contributed by atoms with Gasteiger partial charge in [0.2, 0.25) is 0 Å². The summed E-state index contributed by atoms with van der Waals surface area (Å²) in [6, 6.07) is 2.48. The van der Waals surface area contributed by atoms with Crippen LogP contribution in [0.4, 0.5) is 20.5 Å². The Hall–Kier alpha value is -2.68. The minimum Gasteiger partial charge on any atom is -0.484 e. The zero-order chi connectivity index (χ0) is 24.0. The van der Waals surface area contributed by atoms with Gasteiger partial charge in [-0.05, 0) is 43.9 Å². The minimum atomic E-state index is -0.843. The average molecular weight is 476 g/mol. The highest BCUT2D eigenvalue weighted by Crippen LogP contribution is 2.52. The number of halogens is 2. The second-order valence-electron chi connectivity index (χ2n) is 9.95. The lowest BCUT2D eigenvalue weighted by Crippen LogP contribution is -2.56. The van der Waals surface area contributed by atoms with Crippen LogP contribution in [0.1, 0.15) is 62.2 Å². The number of ether oxygens (including phenoxy) is 2. The number of nitrogens with one attached hydrogen (secondary N) is 1. The summed E-state index contributed by atoms with van der Waals surface area (Å²) in [5.41, 5.74) is 0.249. The van der Waals surface area contributed by atoms with Crippen molar-refractivity contribution in [1.29, 1.82) is 0 Å². The van der Waals surface area contributed by atoms with Gasteiger partial charge in [0.15, 0.2) is 28.8 Å². The van der Waals surface area contributed by atoms with E-state index >= 15 is 0 Å². The van der Waals surface area contributed by atoms with E-state index in [9.17, 15) is 13.6 Å². The van der Waals surface area contributed by atoms with Crippen molar-refractivity contribution in [2.24, 2.45) is 17.3 Å². The summed E-state index contributed by atoms with van der Waals surface area (Å²) in [4.78, 5) is 19.3. The van der Waals surface area contributed by atoms with Crippen LogP contribution in [0.3, 0.4) is 0 Å². The lowest BCUT2D eigenvalue weighted by atomic mass is 9.75. The first-order valence-corrected chi connectivity index (χ1v) is 12.0. The number of nitrogens with zero attached hydrogens (tertiary/aromatic N) is 2. The van der Waals surface area contributed by atoms with Crippen LogP contribution in [0, 0.1) is 28.9 Å². The summed E-state index contributed by atoms with van der Waals surface area (Å²) in [6.07, 6.45) is 4.83. The molecule has 3 atom stereocenters. The lowest BCUT2D eigenvalue weighted by molar-refractivity contribution is 0.101. The van der Waals surface area contributed by atoms with Crippen LogP contribution in [0.25, 0.3) is 0 Å². The minimum absolute atomic E-state index is 0.0190. The molecule has 2 aromatic rings. The van der Waals surface area contributed by atoms with Crippen molar-refractivity contribution in [1.82, 2.24) is 4.98 Å². The number of rotatable bonds is 9. The Morgan fingerprint density at radius 2 is 1.82 bits per heavy atom. The molecule has 2 unspecified atom stereocenters. The summed E-state index contributed by atoms with van der Waals surface area (Å²) >= 11 is 0. The highest BCUT2D eigenvalue weighted by molar-refractivity contribution is 6.03. The third kappa shape index (κ3) is 4.26. The fourth-order valence-corrected chi connectivity index (χ4v) is 5.33. The molecule has 2 saturated carbocycles. The second-order valence-corrected chi connectivity index (χ2v) is 9.95. The van der Waals surface area contributed by atoms with Crippen molar-refractivity contribution in [3.05, 3.63) is 35.2 Å². The number of oxazole rings is 1. The van der Waals surface area contributed by atoms with Gasteiger partial charge in [0.25, 0.3) is 11.9 Å². The molecule has 1 amide bonds. The van der Waals surface area contributed by atoms with Crippen molar-refractivity contribution in [3.8, 4) is 5.75 Å². The van der Waals surface area contributed by atoms with Gasteiger partial charge >= 0.3 is 0 Å². The molecular formula is C25H31F2N3O4. The fourth-order valence-electron chi connectivity index (χ4n) is 5.33. The van der Waals surface area contributed by atoms with Crippen molar-refractivity contribution in [2.45, 2.75) is 58.7 Å². The second kappa shape index (κ2) is 8.83. The van der Waals surface area contributed by atoms with Gasteiger partial charge in [-0.15, -0.1) is 0 Å². The Kier molecular flexibility index (Phi) is 6.00. The highest BCUT2D eigenvalue weighted by Gasteiger charge is 2.47. The molecule has 184 valence electrons. The van der Waals surface area contributed by atoms with Crippen LogP contribution < -0.4 is 15.0 Å². The van der Waals surface area contributed by atoms with Gasteiger partial charge in [0, 0.05) is 43.4 Å². The maximum absolute atomic E-state index is 14.7. The molecule has 9 heteroatoms. The zero-order valence-electron chi connectivity index (χ0n) is 19.8. The predicted octanol–water partition coefficient (Wildman–Crippen LogP) is 5.16. The normalized spacial score (nSPS) is 24.5. The largest absolute Gasteiger partial charge is 0.484 e. The van der Waals surface area contributed by atoms with Gasteiger partial charge in [-0.25, -0.2) is 8.78 Å². The lowest BCUT2D eigenvalue weighted by Gasteiger charge is -2.48. The molecule has 0 bridgehead atoms. The molecule has 5 rings (SSSR count). The van der Waals surface area contributed by atoms with E-state index in [1.165, 1.54) is 13.5 Å². The van der Waals surface area contributed by atoms with Crippen LogP contribution in [0.5, 0.6) is 5.75 Å². The van der Waals surface area contributed by atoms with E-state index in [2.05, 4.69) is 24.1 Å². The fraction of sp³-hybridized carbons (Fsp3) is 0.600. The number of hydrogen-bond acceptors (Lipinski definition) is 6. The van der Waals surface area contributed by atoms with Crippen LogP contribution in [0.15, 0.2) is 16.5 Å². The summed E-state index contributed by atoms with van der Waals surface area (Å²) in [6.45, 7) is 5.98. The number of hydrogen-bond donors (Lipinski definition) is 1. The molecule has 2 heterocycles. The molecule has 3 aliphatic rings. The molecule has 2 aliphatic carbocycles. The van der Waals surface area contributed by atoms with Gasteiger partial charge in [-0.1, -0.05) is 13.8 Å². The summed E-state index contributed by atoms with van der Waals surface area (Å²) in [5, 5.41) is 2.53. The number of amides is 1. The molecular weight excluding hydrogens is 444 g/mol. The van der Waals surface area contributed by atoms with Crippen molar-refractivity contribution >= 4 is 17.6 Å². The number of benzene rings is 1. The van der Waals surface area contributed by atoms with Gasteiger partial charge < -0.3 is 24.1 Å². The third-order valence-electron chi connectivity index (χ3n) is 7.74. The van der Waals surface area contributed by atoms with Gasteiger partial charge in [-0.2, -0.15) is 4.98 Å². The molecule has 1 aromatic carbocycles. The molecule has 0 spiro atoms. The Bertz CT molecular complexity index is 1040. The van der Waals surface area contributed by atoms with Crippen LogP contribution in [0.2, 0.25) is 0 Å². The number of aromatic nitrogens is 1. The van der Waals surface area contributed by atoms with Gasteiger partial charge in [0.1, 0.15) is 6.61 Å². The van der Waals surface area contributed by atoms with Crippen LogP contribution >= 0.6 is 0 Å². The maximum Gasteiger partial charge on any atom is 0.298 e. The molecule has 7 nitrogen and oxygen atoms in total. The summed E-state index contributed by atoms with van der Waals surface area (Å²) in [7, 11) is 1.49. The van der Waals surface area contributed by atoms with E-state index in [0.717, 1.165) is 50.9 Å². The number of carbonyl (C=O) groups excluding carboxylic acids is 1. The van der Waals surface area contributed by atoms with E-state index in [0.29, 0.717) is 17.9 Å². The molecule has 0 radical (unpaired) electrons. The molecule has 3 fully saturated rings. The third-order valence-corrected chi connectivity index (χ3v) is 7.74. The number of anilines is 2. The van der Waals surface area contributed by atoms with Crippen molar-refractivity contribution in [3.63, 3.8) is 0 Å². The van der Waals surface area contributed by atoms with E-state index in [1.807, 2.05) is 4.90 Å². The van der Waals surface area contributed by atoms with Gasteiger partial charge in [0.05, 0.1) is 6.10 Å². The molecule has 1 aromatic heterocycles. The Balaban J connectivity index is 1.29. The summed E-state index contributed by atoms with van der Waals surface area (Å²) in [5.74, 6) is -1.15. The first-order chi connectivity index (χ1) is 16.3. The SMILES string of the molecule is CCC1(CC)CN(c2nc(C(=O)Nc3cc(F)c(OC4CC5C[C@H]5C4)c(F)c3)c(COC)o2)C1. The number of fused-ring (bicyclic) bond motifs is 1. The Morgan fingerprint density at radius 1 is 1.18 bits per heavy atom. The Morgan fingerprint density at radius 3 is 2.41 bits per heavy atom. The zero-order valence-corrected chi connectivity index (χ0v) is 19.8. The van der Waals surface area contributed by atoms with Crippen molar-refractivity contribution < 1.29 is 27.5 Å². The highest BCUT2D eigenvalue weighted by atomic mass is 19.1. The standard InChI is InChI=1S/C25H31F2N3O4/c1-4-25(5-2)12-30(13-25)24-29-21(20(34-24)11-32-3)23(31)28-16-9-18(26)22(19(27)10-16)33-17-7-14-6-15(14)8-17/h9-10,14-15,17H,4-8,11-13H2,1-3H3,(H,28,31)/t14-,15?,17?/m0/s1. The first-order valence-electron chi connectivity index (χ1n) is 12.0. The molecule has 1 aliphatic heterocycles.